The van der Waals surface area contributed by atoms with Crippen LogP contribution in [-0.2, 0) is 10.0 Å². The molecule has 0 saturated carbocycles. The van der Waals surface area contributed by atoms with Crippen LogP contribution in [0.3, 0.4) is 0 Å². The van der Waals surface area contributed by atoms with E-state index >= 15 is 0 Å². The number of aromatic nitrogens is 3. The number of carbonyl (C=O) groups excluding carboxylic acids is 1. The molecule has 1 N–H and O–H groups in total. The average molecular weight is 399 g/mol. The number of carbonyl (C=O) groups is 1. The van der Waals surface area contributed by atoms with Crippen molar-refractivity contribution in [2.75, 3.05) is 19.4 Å². The number of hydrogen-bond donors (Lipinski definition) is 1. The van der Waals surface area contributed by atoms with E-state index in [0.717, 1.165) is 15.6 Å². The Kier molecular flexibility index (Phi) is 5.30. The van der Waals surface area contributed by atoms with Crippen LogP contribution in [0.5, 0.6) is 0 Å². The zero-order valence-corrected chi connectivity index (χ0v) is 16.9. The molecule has 0 atom stereocenters. The molecule has 3 rings (SSSR count). The minimum atomic E-state index is -3.65. The summed E-state index contributed by atoms with van der Waals surface area (Å²) in [5.41, 5.74) is 3.03. The van der Waals surface area contributed by atoms with Crippen LogP contribution in [0.15, 0.2) is 53.9 Å². The monoisotopic (exact) mass is 399 g/mol. The standard InChI is InChI=1S/C19H21N5O3S/c1-13-9-15(10-18(14(13)2)28(26,27)23(3)4)19(25)22-16-5-7-17(8-6-16)24-12-20-11-21-24/h5-12H,1-4H3,(H,22,25). The molecule has 0 unspecified atom stereocenters. The molecule has 1 aromatic heterocycles. The van der Waals surface area contributed by atoms with E-state index in [-0.39, 0.29) is 16.4 Å². The van der Waals surface area contributed by atoms with E-state index in [1.54, 1.807) is 55.2 Å². The third-order valence-electron chi connectivity index (χ3n) is 4.45. The van der Waals surface area contributed by atoms with Gasteiger partial charge in [-0.2, -0.15) is 5.10 Å². The third-order valence-corrected chi connectivity index (χ3v) is 6.39. The minimum absolute atomic E-state index is 0.129. The van der Waals surface area contributed by atoms with Gasteiger partial charge in [-0.3, -0.25) is 4.79 Å². The van der Waals surface area contributed by atoms with Gasteiger partial charge in [0, 0.05) is 25.3 Å². The summed E-state index contributed by atoms with van der Waals surface area (Å²) in [5.74, 6) is -0.383. The van der Waals surface area contributed by atoms with E-state index in [0.29, 0.717) is 11.3 Å². The number of anilines is 1. The van der Waals surface area contributed by atoms with Gasteiger partial charge in [-0.1, -0.05) is 0 Å². The van der Waals surface area contributed by atoms with E-state index < -0.39 is 10.0 Å². The van der Waals surface area contributed by atoms with E-state index in [1.165, 1.54) is 26.5 Å². The summed E-state index contributed by atoms with van der Waals surface area (Å²) in [5, 5.41) is 6.84. The van der Waals surface area contributed by atoms with Crippen molar-refractivity contribution >= 4 is 21.6 Å². The molecule has 0 aliphatic heterocycles. The van der Waals surface area contributed by atoms with Crippen molar-refractivity contribution in [3.8, 4) is 5.69 Å². The van der Waals surface area contributed by atoms with Gasteiger partial charge in [0.25, 0.3) is 5.91 Å². The van der Waals surface area contributed by atoms with Crippen LogP contribution >= 0.6 is 0 Å². The molecule has 1 heterocycles. The number of sulfonamides is 1. The van der Waals surface area contributed by atoms with E-state index in [2.05, 4.69) is 15.4 Å². The van der Waals surface area contributed by atoms with Gasteiger partial charge in [-0.25, -0.2) is 22.4 Å². The Balaban J connectivity index is 1.88. The van der Waals surface area contributed by atoms with Crippen LogP contribution < -0.4 is 5.32 Å². The molecule has 0 radical (unpaired) electrons. The smallest absolute Gasteiger partial charge is 0.255 e. The molecule has 28 heavy (non-hydrogen) atoms. The highest BCUT2D eigenvalue weighted by Crippen LogP contribution is 2.24. The lowest BCUT2D eigenvalue weighted by Gasteiger charge is -2.16. The van der Waals surface area contributed by atoms with Gasteiger partial charge in [0.1, 0.15) is 12.7 Å². The van der Waals surface area contributed by atoms with Crippen molar-refractivity contribution in [1.82, 2.24) is 19.1 Å². The first-order valence-corrected chi connectivity index (χ1v) is 9.94. The number of aryl methyl sites for hydroxylation is 1. The maximum Gasteiger partial charge on any atom is 0.255 e. The van der Waals surface area contributed by atoms with Crippen molar-refractivity contribution in [3.05, 3.63) is 65.7 Å². The summed E-state index contributed by atoms with van der Waals surface area (Å²) in [7, 11) is -0.720. The fourth-order valence-electron chi connectivity index (χ4n) is 2.67. The fourth-order valence-corrected chi connectivity index (χ4v) is 3.88. The topological polar surface area (TPSA) is 97.2 Å². The predicted octanol–water partition coefficient (Wildman–Crippen LogP) is 2.39. The first kappa shape index (κ1) is 19.7. The largest absolute Gasteiger partial charge is 0.322 e. The second-order valence-electron chi connectivity index (χ2n) is 6.54. The molecule has 0 bridgehead atoms. The normalized spacial score (nSPS) is 11.6. The second kappa shape index (κ2) is 7.53. The maximum absolute atomic E-state index is 12.7. The molecule has 9 heteroatoms. The van der Waals surface area contributed by atoms with Crippen molar-refractivity contribution in [3.63, 3.8) is 0 Å². The fraction of sp³-hybridized carbons (Fsp3) is 0.211. The van der Waals surface area contributed by atoms with Crippen molar-refractivity contribution < 1.29 is 13.2 Å². The lowest BCUT2D eigenvalue weighted by molar-refractivity contribution is 0.102. The Hall–Kier alpha value is -3.04. The van der Waals surface area contributed by atoms with Gasteiger partial charge in [-0.05, 0) is 61.4 Å². The van der Waals surface area contributed by atoms with E-state index in [9.17, 15) is 13.2 Å². The van der Waals surface area contributed by atoms with Gasteiger partial charge in [0.05, 0.1) is 10.6 Å². The summed E-state index contributed by atoms with van der Waals surface area (Å²) in [6.07, 6.45) is 3.02. The minimum Gasteiger partial charge on any atom is -0.322 e. The molecule has 8 nitrogen and oxygen atoms in total. The highest BCUT2D eigenvalue weighted by atomic mass is 32.2. The first-order chi connectivity index (χ1) is 13.2. The summed E-state index contributed by atoms with van der Waals surface area (Å²) in [4.78, 5) is 16.7. The summed E-state index contributed by atoms with van der Waals surface area (Å²) in [6.45, 7) is 3.52. The van der Waals surface area contributed by atoms with Crippen LogP contribution in [0.25, 0.3) is 5.69 Å². The van der Waals surface area contributed by atoms with Gasteiger partial charge in [0.15, 0.2) is 0 Å². The molecule has 2 aromatic carbocycles. The molecule has 0 spiro atoms. The summed E-state index contributed by atoms with van der Waals surface area (Å²) < 4.78 is 27.9. The van der Waals surface area contributed by atoms with Gasteiger partial charge in [0.2, 0.25) is 10.0 Å². The zero-order valence-electron chi connectivity index (χ0n) is 16.0. The molecule has 146 valence electrons. The van der Waals surface area contributed by atoms with Crippen molar-refractivity contribution in [2.24, 2.45) is 0 Å². The highest BCUT2D eigenvalue weighted by molar-refractivity contribution is 7.89. The number of nitrogens with zero attached hydrogens (tertiary/aromatic N) is 4. The number of nitrogens with one attached hydrogen (secondary N) is 1. The Morgan fingerprint density at radius 2 is 1.79 bits per heavy atom. The molecular formula is C19H21N5O3S. The number of rotatable bonds is 5. The lowest BCUT2D eigenvalue weighted by atomic mass is 10.1. The predicted molar refractivity (Wildman–Crippen MR) is 106 cm³/mol. The van der Waals surface area contributed by atoms with Gasteiger partial charge >= 0.3 is 0 Å². The number of hydrogen-bond acceptors (Lipinski definition) is 5. The molecule has 3 aromatic rings. The van der Waals surface area contributed by atoms with Gasteiger partial charge < -0.3 is 5.32 Å². The third kappa shape index (κ3) is 3.80. The average Bonchev–Trinajstić information content (AvgIpc) is 3.18. The number of amides is 1. The lowest BCUT2D eigenvalue weighted by Crippen LogP contribution is -2.24. The number of benzene rings is 2. The highest BCUT2D eigenvalue weighted by Gasteiger charge is 2.23. The molecule has 0 saturated heterocycles. The van der Waals surface area contributed by atoms with Crippen LogP contribution in [0, 0.1) is 13.8 Å². The maximum atomic E-state index is 12.7. The Labute approximate surface area is 163 Å². The van der Waals surface area contributed by atoms with Crippen LogP contribution in [0.4, 0.5) is 5.69 Å². The SMILES string of the molecule is Cc1cc(C(=O)Nc2ccc(-n3cncn3)cc2)cc(S(=O)(=O)N(C)C)c1C. The molecule has 0 aliphatic rings. The quantitative estimate of drug-likeness (QED) is 0.710. The van der Waals surface area contributed by atoms with Crippen LogP contribution in [-0.4, -0.2) is 47.5 Å². The molecule has 0 fully saturated rings. The zero-order chi connectivity index (χ0) is 20.5. The van der Waals surface area contributed by atoms with E-state index in [4.69, 9.17) is 0 Å². The molecule has 1 amide bonds. The Bertz CT molecular complexity index is 1110. The molecular weight excluding hydrogens is 378 g/mol. The molecule has 0 aliphatic carbocycles. The van der Waals surface area contributed by atoms with Crippen LogP contribution in [0.2, 0.25) is 0 Å². The van der Waals surface area contributed by atoms with Crippen molar-refractivity contribution in [2.45, 2.75) is 18.7 Å². The van der Waals surface area contributed by atoms with Crippen molar-refractivity contribution in [1.29, 1.82) is 0 Å². The second-order valence-corrected chi connectivity index (χ2v) is 8.67. The Morgan fingerprint density at radius 1 is 1.11 bits per heavy atom. The summed E-state index contributed by atoms with van der Waals surface area (Å²) in [6, 6.07) is 10.2. The summed E-state index contributed by atoms with van der Waals surface area (Å²) >= 11 is 0. The van der Waals surface area contributed by atoms with E-state index in [1.807, 2.05) is 0 Å². The Morgan fingerprint density at radius 3 is 2.36 bits per heavy atom. The first-order valence-electron chi connectivity index (χ1n) is 8.50. The van der Waals surface area contributed by atoms with Crippen LogP contribution in [0.1, 0.15) is 21.5 Å². The van der Waals surface area contributed by atoms with Gasteiger partial charge in [-0.15, -0.1) is 0 Å².